The van der Waals surface area contributed by atoms with Gasteiger partial charge in [0.2, 0.25) is 5.16 Å². The highest BCUT2D eigenvalue weighted by Gasteiger charge is 2.23. The van der Waals surface area contributed by atoms with Crippen LogP contribution in [0, 0.1) is 4.78 Å². The summed E-state index contributed by atoms with van der Waals surface area (Å²) in [6, 6.07) is 9.56. The first-order valence-electron chi connectivity index (χ1n) is 9.57. The van der Waals surface area contributed by atoms with E-state index >= 15 is 0 Å². The molecule has 0 aliphatic heterocycles. The zero-order chi connectivity index (χ0) is 21.9. The number of nitrogens with one attached hydrogen (secondary N) is 1. The highest BCUT2D eigenvalue weighted by Crippen LogP contribution is 2.24. The van der Waals surface area contributed by atoms with Crippen molar-refractivity contribution in [3.63, 3.8) is 0 Å². The standard InChI is InChI=1S/C19H25N7O3S/c1-3-10-30(21,29)18-23-16(20)15-17(24-18)26(11-13-8-6-5-7-9-13)14(22-15)12-25(4-2)19(27)28/h5-9,21H,3-4,10-12H2,1-2H3,(H,27,28)(H2,20,23,24). The van der Waals surface area contributed by atoms with Gasteiger partial charge in [-0.1, -0.05) is 37.3 Å². The summed E-state index contributed by atoms with van der Waals surface area (Å²) in [5.41, 5.74) is 7.68. The molecule has 0 aliphatic carbocycles. The molecule has 160 valence electrons. The third-order valence-corrected chi connectivity index (χ3v) is 6.39. The monoisotopic (exact) mass is 431 g/mol. The molecule has 2 aromatic heterocycles. The predicted octanol–water partition coefficient (Wildman–Crippen LogP) is 2.77. The first kappa shape index (κ1) is 21.5. The largest absolute Gasteiger partial charge is 0.465 e. The van der Waals surface area contributed by atoms with E-state index in [1.807, 2.05) is 37.3 Å². The molecule has 0 saturated heterocycles. The molecular weight excluding hydrogens is 406 g/mol. The highest BCUT2D eigenvalue weighted by molar-refractivity contribution is 7.92. The summed E-state index contributed by atoms with van der Waals surface area (Å²) >= 11 is 0. The first-order valence-corrected chi connectivity index (χ1v) is 11.3. The van der Waals surface area contributed by atoms with Crippen molar-refractivity contribution in [2.75, 3.05) is 18.0 Å². The quantitative estimate of drug-likeness (QED) is 0.464. The van der Waals surface area contributed by atoms with Gasteiger partial charge < -0.3 is 20.3 Å². The summed E-state index contributed by atoms with van der Waals surface area (Å²) in [5, 5.41) is 9.30. The molecule has 0 bridgehead atoms. The maximum atomic E-state index is 12.7. The Hall–Kier alpha value is -3.21. The van der Waals surface area contributed by atoms with E-state index in [0.717, 1.165) is 5.56 Å². The van der Waals surface area contributed by atoms with Gasteiger partial charge in [0, 0.05) is 12.3 Å². The molecule has 1 atom stereocenters. The first-order chi connectivity index (χ1) is 14.3. The Balaban J connectivity index is 2.20. The fourth-order valence-electron chi connectivity index (χ4n) is 3.11. The lowest BCUT2D eigenvalue weighted by Gasteiger charge is -2.17. The third-order valence-electron chi connectivity index (χ3n) is 4.63. The second-order valence-corrected chi connectivity index (χ2v) is 8.96. The van der Waals surface area contributed by atoms with Crippen molar-refractivity contribution in [3.05, 3.63) is 41.7 Å². The zero-order valence-electron chi connectivity index (χ0n) is 16.9. The van der Waals surface area contributed by atoms with Gasteiger partial charge in [0.15, 0.2) is 17.0 Å². The number of benzene rings is 1. The Morgan fingerprint density at radius 2 is 1.93 bits per heavy atom. The lowest BCUT2D eigenvalue weighted by Crippen LogP contribution is -2.30. The lowest BCUT2D eigenvalue weighted by atomic mass is 10.2. The van der Waals surface area contributed by atoms with Crippen molar-refractivity contribution in [2.24, 2.45) is 0 Å². The number of carbonyl (C=O) groups is 1. The number of carboxylic acid groups (broad SMARTS) is 1. The van der Waals surface area contributed by atoms with E-state index in [-0.39, 0.29) is 29.8 Å². The number of hydrogen-bond donors (Lipinski definition) is 3. The van der Waals surface area contributed by atoms with Gasteiger partial charge in [-0.3, -0.25) is 0 Å². The van der Waals surface area contributed by atoms with Crippen LogP contribution in [0.25, 0.3) is 11.2 Å². The zero-order valence-corrected chi connectivity index (χ0v) is 17.7. The van der Waals surface area contributed by atoms with E-state index in [9.17, 15) is 14.1 Å². The van der Waals surface area contributed by atoms with Crippen LogP contribution in [0.2, 0.25) is 0 Å². The normalized spacial score (nSPS) is 13.3. The summed E-state index contributed by atoms with van der Waals surface area (Å²) in [6.07, 6.45) is -0.518. The minimum absolute atomic E-state index is 0.0255. The Morgan fingerprint density at radius 1 is 1.23 bits per heavy atom. The third kappa shape index (κ3) is 4.35. The van der Waals surface area contributed by atoms with E-state index in [4.69, 9.17) is 10.5 Å². The van der Waals surface area contributed by atoms with E-state index in [2.05, 4.69) is 15.0 Å². The summed E-state index contributed by atoms with van der Waals surface area (Å²) in [5.74, 6) is 0.598. The van der Waals surface area contributed by atoms with E-state index in [1.165, 1.54) is 4.90 Å². The maximum Gasteiger partial charge on any atom is 0.407 e. The average molecular weight is 432 g/mol. The van der Waals surface area contributed by atoms with Gasteiger partial charge in [-0.2, -0.15) is 4.98 Å². The number of rotatable bonds is 8. The molecule has 30 heavy (non-hydrogen) atoms. The molecule has 2 heterocycles. The van der Waals surface area contributed by atoms with Crippen LogP contribution in [0.4, 0.5) is 10.6 Å². The van der Waals surface area contributed by atoms with Crippen molar-refractivity contribution in [2.45, 2.75) is 38.5 Å². The maximum absolute atomic E-state index is 12.7. The van der Waals surface area contributed by atoms with Gasteiger partial charge in [0.25, 0.3) is 0 Å². The molecular formula is C19H25N7O3S. The molecule has 3 aromatic rings. The predicted molar refractivity (Wildman–Crippen MR) is 114 cm³/mol. The second kappa shape index (κ2) is 8.66. The van der Waals surface area contributed by atoms with Gasteiger partial charge in [0.05, 0.1) is 13.1 Å². The molecule has 0 fully saturated rings. The molecule has 1 amide bonds. The lowest BCUT2D eigenvalue weighted by molar-refractivity contribution is 0.143. The van der Waals surface area contributed by atoms with Crippen molar-refractivity contribution in [3.8, 4) is 0 Å². The molecule has 0 aliphatic rings. The van der Waals surface area contributed by atoms with Crippen molar-refractivity contribution in [1.82, 2.24) is 24.4 Å². The second-order valence-electron chi connectivity index (χ2n) is 6.84. The van der Waals surface area contributed by atoms with E-state index < -0.39 is 15.8 Å². The van der Waals surface area contributed by atoms with Crippen molar-refractivity contribution in [1.29, 1.82) is 4.78 Å². The van der Waals surface area contributed by atoms with Gasteiger partial charge >= 0.3 is 6.09 Å². The minimum atomic E-state index is -3.19. The fourth-order valence-corrected chi connectivity index (χ4v) is 4.35. The molecule has 4 N–H and O–H groups in total. The Bertz CT molecular complexity index is 1160. The van der Waals surface area contributed by atoms with Gasteiger partial charge in [0.1, 0.15) is 15.6 Å². The molecule has 0 spiro atoms. The van der Waals surface area contributed by atoms with Crippen molar-refractivity contribution >= 4 is 32.8 Å². The summed E-state index contributed by atoms with van der Waals surface area (Å²) < 4.78 is 22.7. The Morgan fingerprint density at radius 3 is 2.53 bits per heavy atom. The van der Waals surface area contributed by atoms with E-state index in [0.29, 0.717) is 30.0 Å². The van der Waals surface area contributed by atoms with Crippen LogP contribution in [0.5, 0.6) is 0 Å². The number of nitrogens with two attached hydrogens (primary N) is 1. The molecule has 1 aromatic carbocycles. The summed E-state index contributed by atoms with van der Waals surface area (Å²) in [6.45, 7) is 4.26. The number of fused-ring (bicyclic) bond motifs is 1. The fraction of sp³-hybridized carbons (Fsp3) is 0.368. The van der Waals surface area contributed by atoms with Gasteiger partial charge in [-0.05, 0) is 18.9 Å². The van der Waals surface area contributed by atoms with Crippen LogP contribution in [0.1, 0.15) is 31.7 Å². The van der Waals surface area contributed by atoms with Crippen molar-refractivity contribution < 1.29 is 14.1 Å². The minimum Gasteiger partial charge on any atom is -0.465 e. The number of hydrogen-bond acceptors (Lipinski definition) is 7. The number of nitrogen functional groups attached to an aromatic ring is 1. The topological polar surface area (TPSA) is 151 Å². The molecule has 11 heteroatoms. The number of anilines is 1. The SMILES string of the molecule is CCCS(=N)(=O)c1nc(N)c2nc(CN(CC)C(=O)O)n(Cc3ccccc3)c2n1. The number of imidazole rings is 1. The average Bonchev–Trinajstić information content (AvgIpc) is 3.04. The van der Waals surface area contributed by atoms with E-state index in [1.54, 1.807) is 11.5 Å². The number of amides is 1. The van der Waals surface area contributed by atoms with Crippen LogP contribution in [-0.4, -0.2) is 52.1 Å². The molecule has 10 nitrogen and oxygen atoms in total. The van der Waals surface area contributed by atoms with Gasteiger partial charge in [-0.15, -0.1) is 0 Å². The highest BCUT2D eigenvalue weighted by atomic mass is 32.2. The molecule has 1 unspecified atom stereocenters. The van der Waals surface area contributed by atoms with Crippen LogP contribution in [0.3, 0.4) is 0 Å². The van der Waals surface area contributed by atoms with Gasteiger partial charge in [-0.25, -0.2) is 23.8 Å². The summed E-state index contributed by atoms with van der Waals surface area (Å²) in [4.78, 5) is 25.7. The van der Waals surface area contributed by atoms with Crippen LogP contribution in [0.15, 0.2) is 35.5 Å². The smallest absolute Gasteiger partial charge is 0.407 e. The molecule has 3 rings (SSSR count). The summed E-state index contributed by atoms with van der Waals surface area (Å²) in [7, 11) is -3.19. The Labute approximate surface area is 174 Å². The van der Waals surface area contributed by atoms with Crippen LogP contribution in [-0.2, 0) is 22.8 Å². The van der Waals surface area contributed by atoms with Crippen LogP contribution < -0.4 is 5.73 Å². The van der Waals surface area contributed by atoms with Crippen LogP contribution >= 0.6 is 0 Å². The molecule has 0 radical (unpaired) electrons. The molecule has 0 saturated carbocycles. The number of nitrogens with zero attached hydrogens (tertiary/aromatic N) is 5. The number of aromatic nitrogens is 4. The Kier molecular flexibility index (Phi) is 6.20.